The van der Waals surface area contributed by atoms with Gasteiger partial charge in [0, 0.05) is 6.92 Å². The van der Waals surface area contributed by atoms with Gasteiger partial charge in [-0.05, 0) is 0 Å². The summed E-state index contributed by atoms with van der Waals surface area (Å²) in [5.74, 6) is -0.264. The molecule has 12 heavy (non-hydrogen) atoms. The summed E-state index contributed by atoms with van der Waals surface area (Å²) in [6, 6.07) is 0. The number of carbonyl (C=O) groups is 1. The van der Waals surface area contributed by atoms with Crippen molar-refractivity contribution in [2.45, 2.75) is 6.92 Å². The van der Waals surface area contributed by atoms with Crippen molar-refractivity contribution in [1.82, 2.24) is 0 Å². The van der Waals surface area contributed by atoms with E-state index in [2.05, 4.69) is 29.2 Å². The molecule has 0 saturated carbocycles. The maximum absolute atomic E-state index is 9.93. The number of hydrogen-bond donors (Lipinski definition) is 0. The Morgan fingerprint density at radius 2 is 1.83 bits per heavy atom. The Hall–Kier alpha value is -1.51. The molecule has 0 bridgehead atoms. The Bertz CT molecular complexity index is 144. The van der Waals surface area contributed by atoms with E-state index in [0.717, 1.165) is 0 Å². The predicted octanol–water partition coefficient (Wildman–Crippen LogP) is 2.03. The second kappa shape index (κ2) is 12.2. The topological polar surface area (TPSA) is 35.5 Å². The van der Waals surface area contributed by atoms with Gasteiger partial charge in [-0.25, -0.2) is 0 Å². The van der Waals surface area contributed by atoms with Crippen LogP contribution < -0.4 is 0 Å². The molecular formula is C9H14O3. The standard InChI is InChI=1S/C5H8O2.C4H6O/c1-3-4-7-5(2)6;1-3-5-4-2/h3H,1,4H2,2H3;3-4H,1-2H2. The van der Waals surface area contributed by atoms with Gasteiger partial charge in [0.05, 0.1) is 12.5 Å². The van der Waals surface area contributed by atoms with Crippen LogP contribution >= 0.6 is 0 Å². The molecule has 0 unspecified atom stereocenters. The van der Waals surface area contributed by atoms with Crippen molar-refractivity contribution < 1.29 is 14.3 Å². The van der Waals surface area contributed by atoms with Crippen molar-refractivity contribution in [3.05, 3.63) is 38.3 Å². The van der Waals surface area contributed by atoms with Gasteiger partial charge in [-0.1, -0.05) is 25.8 Å². The molecule has 0 N–H and O–H groups in total. The van der Waals surface area contributed by atoms with Gasteiger partial charge in [0.25, 0.3) is 0 Å². The molecule has 0 atom stereocenters. The molecule has 3 heteroatoms. The van der Waals surface area contributed by atoms with Crippen LogP contribution in [0.2, 0.25) is 0 Å². The first-order valence-electron chi connectivity index (χ1n) is 3.30. The normalized spacial score (nSPS) is 6.75. The van der Waals surface area contributed by atoms with E-state index in [1.165, 1.54) is 25.5 Å². The molecule has 0 aliphatic carbocycles. The Balaban J connectivity index is 0. The largest absolute Gasteiger partial charge is 0.474 e. The maximum atomic E-state index is 9.93. The summed E-state index contributed by atoms with van der Waals surface area (Å²) in [5.41, 5.74) is 0. The summed E-state index contributed by atoms with van der Waals surface area (Å²) < 4.78 is 8.80. The fraction of sp³-hybridized carbons (Fsp3) is 0.222. The lowest BCUT2D eigenvalue weighted by atomic mass is 10.7. The third-order valence-electron chi connectivity index (χ3n) is 0.597. The van der Waals surface area contributed by atoms with Gasteiger partial charge in [0.15, 0.2) is 0 Å². The predicted molar refractivity (Wildman–Crippen MR) is 48.3 cm³/mol. The fourth-order valence-electron chi connectivity index (χ4n) is 0.244. The van der Waals surface area contributed by atoms with E-state index >= 15 is 0 Å². The van der Waals surface area contributed by atoms with E-state index in [9.17, 15) is 4.79 Å². The fourth-order valence-corrected chi connectivity index (χ4v) is 0.244. The summed E-state index contributed by atoms with van der Waals surface area (Å²) in [6.45, 7) is 11.5. The first-order chi connectivity index (χ1) is 5.68. The number of esters is 1. The Morgan fingerprint density at radius 3 is 1.92 bits per heavy atom. The molecular weight excluding hydrogens is 156 g/mol. The van der Waals surface area contributed by atoms with Crippen LogP contribution in [0.5, 0.6) is 0 Å². The molecule has 0 saturated heterocycles. The molecule has 0 aromatic heterocycles. The first kappa shape index (κ1) is 13.1. The van der Waals surface area contributed by atoms with Crippen LogP contribution in [-0.4, -0.2) is 12.6 Å². The number of hydrogen-bond acceptors (Lipinski definition) is 3. The summed E-state index contributed by atoms with van der Waals surface area (Å²) in [5, 5.41) is 0. The van der Waals surface area contributed by atoms with Crippen LogP contribution in [0.4, 0.5) is 0 Å². The first-order valence-corrected chi connectivity index (χ1v) is 3.30. The maximum Gasteiger partial charge on any atom is 0.302 e. The zero-order valence-electron chi connectivity index (χ0n) is 7.29. The summed E-state index contributed by atoms with van der Waals surface area (Å²) >= 11 is 0. The highest BCUT2D eigenvalue weighted by Gasteiger charge is 1.83. The van der Waals surface area contributed by atoms with Crippen molar-refractivity contribution in [2.75, 3.05) is 6.61 Å². The van der Waals surface area contributed by atoms with Crippen LogP contribution in [0.15, 0.2) is 38.3 Å². The SMILES string of the molecule is C=CCOC(C)=O.C=COC=C. The molecule has 0 amide bonds. The van der Waals surface area contributed by atoms with Crippen LogP contribution in [0.3, 0.4) is 0 Å². The quantitative estimate of drug-likeness (QED) is 0.368. The molecule has 0 radical (unpaired) electrons. The van der Waals surface area contributed by atoms with Gasteiger partial charge < -0.3 is 9.47 Å². The van der Waals surface area contributed by atoms with Gasteiger partial charge in [0.1, 0.15) is 6.61 Å². The lowest BCUT2D eigenvalue weighted by Crippen LogP contribution is -1.96. The molecule has 0 aliphatic rings. The van der Waals surface area contributed by atoms with Crippen LogP contribution in [0.25, 0.3) is 0 Å². The molecule has 0 spiro atoms. The van der Waals surface area contributed by atoms with E-state index in [-0.39, 0.29) is 5.97 Å². The second-order valence-electron chi connectivity index (χ2n) is 1.56. The van der Waals surface area contributed by atoms with Gasteiger partial charge in [-0.3, -0.25) is 4.79 Å². The Labute approximate surface area is 73.0 Å². The van der Waals surface area contributed by atoms with Gasteiger partial charge in [-0.2, -0.15) is 0 Å². The highest BCUT2D eigenvalue weighted by atomic mass is 16.5. The number of ether oxygens (including phenoxy) is 2. The highest BCUT2D eigenvalue weighted by molar-refractivity contribution is 5.65. The molecule has 0 heterocycles. The zero-order valence-corrected chi connectivity index (χ0v) is 7.29. The lowest BCUT2D eigenvalue weighted by Gasteiger charge is -1.90. The van der Waals surface area contributed by atoms with Crippen molar-refractivity contribution in [3.63, 3.8) is 0 Å². The smallest absolute Gasteiger partial charge is 0.302 e. The molecule has 0 rings (SSSR count). The highest BCUT2D eigenvalue weighted by Crippen LogP contribution is 1.73. The lowest BCUT2D eigenvalue weighted by molar-refractivity contribution is -0.139. The average Bonchev–Trinajstić information content (AvgIpc) is 2.03. The minimum absolute atomic E-state index is 0.264. The minimum Gasteiger partial charge on any atom is -0.474 e. The Kier molecular flexibility index (Phi) is 13.3. The van der Waals surface area contributed by atoms with Gasteiger partial charge >= 0.3 is 5.97 Å². The van der Waals surface area contributed by atoms with Crippen LogP contribution in [0.1, 0.15) is 6.92 Å². The third-order valence-corrected chi connectivity index (χ3v) is 0.597. The number of rotatable bonds is 4. The van der Waals surface area contributed by atoms with Crippen molar-refractivity contribution in [2.24, 2.45) is 0 Å². The molecule has 0 aromatic carbocycles. The summed E-state index contributed by atoms with van der Waals surface area (Å²) in [7, 11) is 0. The molecule has 0 aliphatic heterocycles. The third kappa shape index (κ3) is 23.6. The summed E-state index contributed by atoms with van der Waals surface area (Å²) in [4.78, 5) is 9.93. The van der Waals surface area contributed by atoms with Crippen LogP contribution in [-0.2, 0) is 14.3 Å². The van der Waals surface area contributed by atoms with Crippen LogP contribution in [0, 0.1) is 0 Å². The van der Waals surface area contributed by atoms with Gasteiger partial charge in [-0.15, -0.1) is 0 Å². The Morgan fingerprint density at radius 1 is 1.33 bits per heavy atom. The minimum atomic E-state index is -0.264. The monoisotopic (exact) mass is 170 g/mol. The average molecular weight is 170 g/mol. The summed E-state index contributed by atoms with van der Waals surface area (Å²) in [6.07, 6.45) is 4.15. The van der Waals surface area contributed by atoms with E-state index < -0.39 is 0 Å². The van der Waals surface area contributed by atoms with Crippen molar-refractivity contribution in [1.29, 1.82) is 0 Å². The molecule has 0 aromatic rings. The van der Waals surface area contributed by atoms with Crippen molar-refractivity contribution in [3.8, 4) is 0 Å². The van der Waals surface area contributed by atoms with Gasteiger partial charge in [0.2, 0.25) is 0 Å². The van der Waals surface area contributed by atoms with E-state index in [1.54, 1.807) is 0 Å². The van der Waals surface area contributed by atoms with E-state index in [4.69, 9.17) is 0 Å². The molecule has 3 nitrogen and oxygen atoms in total. The second-order valence-corrected chi connectivity index (χ2v) is 1.56. The zero-order chi connectivity index (χ0) is 9.82. The number of carbonyl (C=O) groups excluding carboxylic acids is 1. The molecule has 68 valence electrons. The molecule has 0 fully saturated rings. The van der Waals surface area contributed by atoms with Crippen molar-refractivity contribution >= 4 is 5.97 Å². The van der Waals surface area contributed by atoms with E-state index in [0.29, 0.717) is 6.61 Å². The van der Waals surface area contributed by atoms with E-state index in [1.807, 2.05) is 0 Å².